The van der Waals surface area contributed by atoms with E-state index >= 15 is 0 Å². The number of amides is 1. The fourth-order valence-corrected chi connectivity index (χ4v) is 3.32. The first-order chi connectivity index (χ1) is 12.8. The third-order valence-corrected chi connectivity index (χ3v) is 4.84. The predicted molar refractivity (Wildman–Crippen MR) is 106 cm³/mol. The summed E-state index contributed by atoms with van der Waals surface area (Å²) in [5.41, 5.74) is 0. The third-order valence-electron chi connectivity index (χ3n) is 3.84. The summed E-state index contributed by atoms with van der Waals surface area (Å²) < 4.78 is 10.9. The first-order valence-electron chi connectivity index (χ1n) is 8.40. The molecule has 0 aliphatic heterocycles. The Hall–Kier alpha value is -2.66. The van der Waals surface area contributed by atoms with Gasteiger partial charge in [-0.3, -0.25) is 4.79 Å². The highest BCUT2D eigenvalue weighted by atomic mass is 32.2. The Balaban J connectivity index is 1.41. The average molecular weight is 367 g/mol. The summed E-state index contributed by atoms with van der Waals surface area (Å²) in [5.74, 6) is 1.74. The zero-order valence-corrected chi connectivity index (χ0v) is 15.4. The van der Waals surface area contributed by atoms with Crippen molar-refractivity contribution in [2.75, 3.05) is 26.0 Å². The summed E-state index contributed by atoms with van der Waals surface area (Å²) in [4.78, 5) is 13.1. The molecule has 0 saturated carbocycles. The fraction of sp³-hybridized carbons (Fsp3) is 0.190. The van der Waals surface area contributed by atoms with Crippen LogP contribution >= 0.6 is 11.8 Å². The van der Waals surface area contributed by atoms with E-state index in [1.165, 1.54) is 22.5 Å². The van der Waals surface area contributed by atoms with Gasteiger partial charge in [-0.2, -0.15) is 0 Å². The van der Waals surface area contributed by atoms with E-state index in [1.807, 2.05) is 42.5 Å². The monoisotopic (exact) mass is 367 g/mol. The average Bonchev–Trinajstić information content (AvgIpc) is 2.69. The number of thioether (sulfide) groups is 1. The first-order valence-corrected chi connectivity index (χ1v) is 9.39. The van der Waals surface area contributed by atoms with E-state index in [2.05, 4.69) is 29.6 Å². The lowest BCUT2D eigenvalue weighted by Gasteiger charge is -2.11. The molecule has 0 saturated heterocycles. The van der Waals surface area contributed by atoms with E-state index in [9.17, 15) is 4.79 Å². The smallest absolute Gasteiger partial charge is 0.230 e. The van der Waals surface area contributed by atoms with Gasteiger partial charge in [0.1, 0.15) is 6.61 Å². The van der Waals surface area contributed by atoms with Crippen LogP contribution in [0.3, 0.4) is 0 Å². The van der Waals surface area contributed by atoms with Crippen LogP contribution in [0.15, 0.2) is 71.6 Å². The largest absolute Gasteiger partial charge is 0.493 e. The van der Waals surface area contributed by atoms with E-state index in [0.29, 0.717) is 30.4 Å². The number of fused-ring (bicyclic) bond motifs is 1. The molecule has 3 aromatic rings. The Labute approximate surface area is 157 Å². The van der Waals surface area contributed by atoms with Crippen molar-refractivity contribution in [2.45, 2.75) is 4.90 Å². The first kappa shape index (κ1) is 18.1. The van der Waals surface area contributed by atoms with Crippen LogP contribution in [0, 0.1) is 0 Å². The van der Waals surface area contributed by atoms with Crippen LogP contribution in [-0.2, 0) is 4.79 Å². The standard InChI is InChI=1S/C21H21NO3S/c1-24-19-8-4-5-9-20(19)25-13-12-22-21(23)15-26-18-11-10-16-6-2-3-7-17(16)14-18/h2-11,14H,12-13,15H2,1H3,(H,22,23). The molecule has 0 heterocycles. The Morgan fingerprint density at radius 1 is 0.962 bits per heavy atom. The number of benzene rings is 3. The van der Waals surface area contributed by atoms with Gasteiger partial charge in [-0.15, -0.1) is 11.8 Å². The second kappa shape index (κ2) is 9.15. The Kier molecular flexibility index (Phi) is 6.39. The highest BCUT2D eigenvalue weighted by molar-refractivity contribution is 8.00. The molecule has 5 heteroatoms. The quantitative estimate of drug-likeness (QED) is 0.480. The highest BCUT2D eigenvalue weighted by Gasteiger charge is 2.05. The molecule has 4 nitrogen and oxygen atoms in total. The van der Waals surface area contributed by atoms with Crippen LogP contribution < -0.4 is 14.8 Å². The van der Waals surface area contributed by atoms with Gasteiger partial charge in [0.15, 0.2) is 11.5 Å². The van der Waals surface area contributed by atoms with Gasteiger partial charge in [0, 0.05) is 4.90 Å². The summed E-state index contributed by atoms with van der Waals surface area (Å²) in [6.07, 6.45) is 0. The number of ether oxygens (including phenoxy) is 2. The number of carbonyl (C=O) groups is 1. The molecule has 0 bridgehead atoms. The molecule has 26 heavy (non-hydrogen) atoms. The van der Waals surface area contributed by atoms with Crippen LogP contribution in [0.4, 0.5) is 0 Å². The van der Waals surface area contributed by atoms with Crippen LogP contribution in [0.2, 0.25) is 0 Å². The van der Waals surface area contributed by atoms with Crippen molar-refractivity contribution in [3.05, 3.63) is 66.7 Å². The third kappa shape index (κ3) is 4.92. The lowest BCUT2D eigenvalue weighted by molar-refractivity contribution is -0.118. The summed E-state index contributed by atoms with van der Waals surface area (Å²) in [6, 6.07) is 21.9. The molecule has 3 rings (SSSR count). The summed E-state index contributed by atoms with van der Waals surface area (Å²) >= 11 is 1.53. The number of rotatable bonds is 8. The Bertz CT molecular complexity index is 882. The lowest BCUT2D eigenvalue weighted by atomic mass is 10.1. The maximum absolute atomic E-state index is 12.0. The molecule has 0 aliphatic rings. The molecule has 0 fully saturated rings. The molecule has 3 aromatic carbocycles. The van der Waals surface area contributed by atoms with E-state index in [0.717, 1.165) is 4.90 Å². The van der Waals surface area contributed by atoms with Crippen molar-refractivity contribution in [1.82, 2.24) is 5.32 Å². The molecule has 1 amide bonds. The molecule has 0 radical (unpaired) electrons. The number of carbonyl (C=O) groups excluding carboxylic acids is 1. The van der Waals surface area contributed by atoms with Crippen LogP contribution in [0.5, 0.6) is 11.5 Å². The summed E-state index contributed by atoms with van der Waals surface area (Å²) in [5, 5.41) is 5.26. The van der Waals surface area contributed by atoms with E-state index in [-0.39, 0.29) is 5.91 Å². The number of methoxy groups -OCH3 is 1. The maximum atomic E-state index is 12.0. The molecular formula is C21H21NO3S. The van der Waals surface area contributed by atoms with Gasteiger partial charge >= 0.3 is 0 Å². The van der Waals surface area contributed by atoms with Crippen molar-refractivity contribution in [3.8, 4) is 11.5 Å². The Morgan fingerprint density at radius 2 is 1.69 bits per heavy atom. The zero-order chi connectivity index (χ0) is 18.2. The number of para-hydroxylation sites is 2. The second-order valence-electron chi connectivity index (χ2n) is 5.65. The van der Waals surface area contributed by atoms with E-state index < -0.39 is 0 Å². The molecule has 0 aliphatic carbocycles. The van der Waals surface area contributed by atoms with Crippen LogP contribution in [-0.4, -0.2) is 31.9 Å². The lowest BCUT2D eigenvalue weighted by Crippen LogP contribution is -2.29. The second-order valence-corrected chi connectivity index (χ2v) is 6.70. The van der Waals surface area contributed by atoms with Gasteiger partial charge in [0.2, 0.25) is 5.91 Å². The number of nitrogens with one attached hydrogen (secondary N) is 1. The van der Waals surface area contributed by atoms with Crippen molar-refractivity contribution >= 4 is 28.4 Å². The normalized spacial score (nSPS) is 10.5. The molecular weight excluding hydrogens is 346 g/mol. The summed E-state index contributed by atoms with van der Waals surface area (Å²) in [7, 11) is 1.61. The van der Waals surface area contributed by atoms with Gasteiger partial charge in [0.25, 0.3) is 0 Å². The van der Waals surface area contributed by atoms with Crippen LogP contribution in [0.25, 0.3) is 10.8 Å². The van der Waals surface area contributed by atoms with Crippen molar-refractivity contribution < 1.29 is 14.3 Å². The minimum atomic E-state index is -0.00761. The Morgan fingerprint density at radius 3 is 2.50 bits per heavy atom. The minimum Gasteiger partial charge on any atom is -0.493 e. The maximum Gasteiger partial charge on any atom is 0.230 e. The molecule has 0 atom stereocenters. The van der Waals surface area contributed by atoms with Gasteiger partial charge in [-0.05, 0) is 35.0 Å². The van der Waals surface area contributed by atoms with Gasteiger partial charge in [0.05, 0.1) is 19.4 Å². The predicted octanol–water partition coefficient (Wildman–Crippen LogP) is 4.14. The van der Waals surface area contributed by atoms with E-state index in [1.54, 1.807) is 7.11 Å². The zero-order valence-electron chi connectivity index (χ0n) is 14.6. The van der Waals surface area contributed by atoms with Crippen molar-refractivity contribution in [3.63, 3.8) is 0 Å². The molecule has 0 unspecified atom stereocenters. The molecule has 134 valence electrons. The van der Waals surface area contributed by atoms with E-state index in [4.69, 9.17) is 9.47 Å². The molecule has 1 N–H and O–H groups in total. The fourth-order valence-electron chi connectivity index (χ4n) is 2.55. The summed E-state index contributed by atoms with van der Waals surface area (Å²) in [6.45, 7) is 0.849. The number of hydrogen-bond donors (Lipinski definition) is 1. The van der Waals surface area contributed by atoms with Crippen molar-refractivity contribution in [2.24, 2.45) is 0 Å². The molecule has 0 spiro atoms. The van der Waals surface area contributed by atoms with Crippen molar-refractivity contribution in [1.29, 1.82) is 0 Å². The van der Waals surface area contributed by atoms with Gasteiger partial charge < -0.3 is 14.8 Å². The topological polar surface area (TPSA) is 47.6 Å². The highest BCUT2D eigenvalue weighted by Crippen LogP contribution is 2.25. The molecule has 0 aromatic heterocycles. The van der Waals surface area contributed by atoms with Gasteiger partial charge in [-0.25, -0.2) is 0 Å². The van der Waals surface area contributed by atoms with Crippen LogP contribution in [0.1, 0.15) is 0 Å². The van der Waals surface area contributed by atoms with Gasteiger partial charge in [-0.1, -0.05) is 42.5 Å². The SMILES string of the molecule is COc1ccccc1OCCNC(=O)CSc1ccc2ccccc2c1. The number of hydrogen-bond acceptors (Lipinski definition) is 4. The minimum absolute atomic E-state index is 0.00761.